The summed E-state index contributed by atoms with van der Waals surface area (Å²) in [5, 5.41) is 14.8. The van der Waals surface area contributed by atoms with Gasteiger partial charge in [-0.1, -0.05) is 29.5 Å². The molecule has 0 aliphatic heterocycles. The van der Waals surface area contributed by atoms with Crippen molar-refractivity contribution < 1.29 is 4.79 Å². The Labute approximate surface area is 106 Å². The second kappa shape index (κ2) is 4.19. The highest BCUT2D eigenvalue weighted by atomic mass is 32.1. The molecule has 2 heterocycles. The molecule has 0 unspecified atom stereocenters. The summed E-state index contributed by atoms with van der Waals surface area (Å²) in [6.45, 7) is 1.94. The van der Waals surface area contributed by atoms with E-state index in [9.17, 15) is 4.79 Å². The molecule has 0 atom stereocenters. The van der Waals surface area contributed by atoms with E-state index in [1.165, 1.54) is 22.2 Å². The predicted molar refractivity (Wildman–Crippen MR) is 67.8 cm³/mol. The zero-order valence-electron chi connectivity index (χ0n) is 9.49. The summed E-state index contributed by atoms with van der Waals surface area (Å²) in [6.07, 6.45) is 1.47. The lowest BCUT2D eigenvalue weighted by atomic mass is 10.2. The fraction of sp³-hybridized carbons (Fsp3) is 0.0909. The number of anilines is 1. The monoisotopic (exact) mass is 259 g/mol. The first-order valence-corrected chi connectivity index (χ1v) is 6.09. The maximum atomic E-state index is 12.0. The minimum atomic E-state index is -0.236. The van der Waals surface area contributed by atoms with Gasteiger partial charge < -0.3 is 5.32 Å². The van der Waals surface area contributed by atoms with Crippen LogP contribution >= 0.6 is 11.3 Å². The quantitative estimate of drug-likeness (QED) is 0.761. The molecule has 0 bridgehead atoms. The van der Waals surface area contributed by atoms with Crippen molar-refractivity contribution >= 4 is 27.9 Å². The predicted octanol–water partition coefficient (Wildman–Crippen LogP) is 1.75. The summed E-state index contributed by atoms with van der Waals surface area (Å²) in [6, 6.07) is 7.59. The molecule has 1 N–H and O–H groups in total. The zero-order chi connectivity index (χ0) is 12.5. The molecule has 6 nitrogen and oxygen atoms in total. The van der Waals surface area contributed by atoms with Crippen LogP contribution in [0.1, 0.15) is 15.4 Å². The summed E-state index contributed by atoms with van der Waals surface area (Å²) < 4.78 is 1.48. The molecular weight excluding hydrogens is 250 g/mol. The Bertz CT molecular complexity index is 688. The number of aryl methyl sites for hydroxylation is 1. The highest BCUT2D eigenvalue weighted by Crippen LogP contribution is 2.17. The minimum Gasteiger partial charge on any atom is -0.320 e. The molecule has 0 radical (unpaired) electrons. The third-order valence-electron chi connectivity index (χ3n) is 2.47. The van der Waals surface area contributed by atoms with E-state index in [0.717, 1.165) is 11.3 Å². The van der Waals surface area contributed by atoms with Crippen molar-refractivity contribution in [3.63, 3.8) is 0 Å². The molecule has 1 amide bonds. The van der Waals surface area contributed by atoms with Crippen molar-refractivity contribution in [1.29, 1.82) is 0 Å². The van der Waals surface area contributed by atoms with Gasteiger partial charge in [-0.05, 0) is 18.6 Å². The van der Waals surface area contributed by atoms with Crippen molar-refractivity contribution in [2.75, 3.05) is 5.32 Å². The number of aromatic nitrogens is 4. The maximum Gasteiger partial charge on any atom is 0.286 e. The first-order chi connectivity index (χ1) is 8.74. The maximum absolute atomic E-state index is 12.0. The van der Waals surface area contributed by atoms with Crippen LogP contribution in [0.3, 0.4) is 0 Å². The number of nitrogens with one attached hydrogen (secondary N) is 1. The largest absolute Gasteiger partial charge is 0.320 e. The van der Waals surface area contributed by atoms with E-state index in [2.05, 4.69) is 20.6 Å². The van der Waals surface area contributed by atoms with E-state index in [1.54, 1.807) is 0 Å². The number of fused-ring (bicyclic) bond motifs is 1. The number of amides is 1. The standard InChI is InChI=1S/C11H9N5OS/c1-7-4-2-3-5-8(7)13-9(17)10-15-16-6-12-14-11(16)18-10/h2-6H,1H3,(H,13,17). The number of rotatable bonds is 2. The molecule has 2 aromatic heterocycles. The van der Waals surface area contributed by atoms with Gasteiger partial charge in [0, 0.05) is 5.69 Å². The summed E-state index contributed by atoms with van der Waals surface area (Å²) in [7, 11) is 0. The van der Waals surface area contributed by atoms with E-state index in [1.807, 2.05) is 31.2 Å². The van der Waals surface area contributed by atoms with Crippen molar-refractivity contribution in [3.05, 3.63) is 41.2 Å². The van der Waals surface area contributed by atoms with E-state index in [4.69, 9.17) is 0 Å². The smallest absolute Gasteiger partial charge is 0.286 e. The number of para-hydroxylation sites is 1. The molecule has 0 saturated heterocycles. The molecule has 7 heteroatoms. The van der Waals surface area contributed by atoms with Crippen LogP contribution in [0.15, 0.2) is 30.6 Å². The van der Waals surface area contributed by atoms with Crippen molar-refractivity contribution in [3.8, 4) is 0 Å². The lowest BCUT2D eigenvalue weighted by molar-refractivity contribution is 0.102. The van der Waals surface area contributed by atoms with Crippen LogP contribution in [-0.4, -0.2) is 25.7 Å². The normalized spacial score (nSPS) is 10.7. The Balaban J connectivity index is 1.87. The van der Waals surface area contributed by atoms with Crippen LogP contribution in [0.25, 0.3) is 4.96 Å². The van der Waals surface area contributed by atoms with Gasteiger partial charge >= 0.3 is 0 Å². The van der Waals surface area contributed by atoms with Gasteiger partial charge in [-0.25, -0.2) is 0 Å². The Morgan fingerprint density at radius 2 is 2.22 bits per heavy atom. The molecule has 0 spiro atoms. The number of nitrogens with zero attached hydrogens (tertiary/aromatic N) is 4. The number of benzene rings is 1. The van der Waals surface area contributed by atoms with Gasteiger partial charge in [0.1, 0.15) is 6.33 Å². The van der Waals surface area contributed by atoms with Gasteiger partial charge in [0.2, 0.25) is 9.97 Å². The first-order valence-electron chi connectivity index (χ1n) is 5.28. The van der Waals surface area contributed by atoms with Crippen LogP contribution < -0.4 is 5.32 Å². The molecule has 0 aliphatic rings. The Kier molecular flexibility index (Phi) is 2.52. The molecule has 90 valence electrons. The topological polar surface area (TPSA) is 72.2 Å². The van der Waals surface area contributed by atoms with E-state index >= 15 is 0 Å². The third kappa shape index (κ3) is 1.84. The number of hydrogen-bond acceptors (Lipinski definition) is 5. The molecular formula is C11H9N5OS. The lowest BCUT2D eigenvalue weighted by Gasteiger charge is -2.05. The van der Waals surface area contributed by atoms with E-state index in [0.29, 0.717) is 9.97 Å². The fourth-order valence-electron chi connectivity index (χ4n) is 1.54. The summed E-state index contributed by atoms with van der Waals surface area (Å²) >= 11 is 1.20. The minimum absolute atomic E-state index is 0.236. The SMILES string of the molecule is Cc1ccccc1NC(=O)c1nn2cnnc2s1. The zero-order valence-corrected chi connectivity index (χ0v) is 10.3. The Morgan fingerprint density at radius 3 is 3.00 bits per heavy atom. The van der Waals surface area contributed by atoms with Crippen molar-refractivity contribution in [2.24, 2.45) is 0 Å². The second-order valence-corrected chi connectivity index (χ2v) is 4.69. The number of carbonyl (C=O) groups is 1. The summed E-state index contributed by atoms with van der Waals surface area (Å²) in [5.41, 5.74) is 1.79. The van der Waals surface area contributed by atoms with Gasteiger partial charge in [-0.3, -0.25) is 4.79 Å². The Hall–Kier alpha value is -2.28. The van der Waals surface area contributed by atoms with Gasteiger partial charge in [0.15, 0.2) is 0 Å². The number of hydrogen-bond donors (Lipinski definition) is 1. The highest BCUT2D eigenvalue weighted by molar-refractivity contribution is 7.18. The molecule has 18 heavy (non-hydrogen) atoms. The Morgan fingerprint density at radius 1 is 1.39 bits per heavy atom. The average Bonchev–Trinajstić information content (AvgIpc) is 2.92. The van der Waals surface area contributed by atoms with Gasteiger partial charge in [-0.15, -0.1) is 15.3 Å². The van der Waals surface area contributed by atoms with Crippen LogP contribution in [0, 0.1) is 6.92 Å². The van der Waals surface area contributed by atoms with Gasteiger partial charge in [0.25, 0.3) is 5.91 Å². The first kappa shape index (κ1) is 10.8. The average molecular weight is 259 g/mol. The molecule has 0 fully saturated rings. The van der Waals surface area contributed by atoms with Crippen LogP contribution in [-0.2, 0) is 0 Å². The lowest BCUT2D eigenvalue weighted by Crippen LogP contribution is -2.12. The third-order valence-corrected chi connectivity index (χ3v) is 3.39. The van der Waals surface area contributed by atoms with Crippen LogP contribution in [0.2, 0.25) is 0 Å². The van der Waals surface area contributed by atoms with Crippen molar-refractivity contribution in [2.45, 2.75) is 6.92 Å². The van der Waals surface area contributed by atoms with Crippen LogP contribution in [0.5, 0.6) is 0 Å². The van der Waals surface area contributed by atoms with E-state index < -0.39 is 0 Å². The highest BCUT2D eigenvalue weighted by Gasteiger charge is 2.14. The fourth-order valence-corrected chi connectivity index (χ4v) is 2.26. The molecule has 0 saturated carbocycles. The van der Waals surface area contributed by atoms with Crippen LogP contribution in [0.4, 0.5) is 5.69 Å². The van der Waals surface area contributed by atoms with Crippen molar-refractivity contribution in [1.82, 2.24) is 19.8 Å². The van der Waals surface area contributed by atoms with E-state index in [-0.39, 0.29) is 5.91 Å². The van der Waals surface area contributed by atoms with Gasteiger partial charge in [0.05, 0.1) is 0 Å². The molecule has 0 aliphatic carbocycles. The summed E-state index contributed by atoms with van der Waals surface area (Å²) in [4.78, 5) is 12.6. The molecule has 1 aromatic carbocycles. The second-order valence-electron chi connectivity index (χ2n) is 3.73. The molecule has 3 aromatic rings. The number of carbonyl (C=O) groups excluding carboxylic acids is 1. The molecule has 3 rings (SSSR count). The van der Waals surface area contributed by atoms with Gasteiger partial charge in [-0.2, -0.15) is 4.52 Å². The summed E-state index contributed by atoms with van der Waals surface area (Å²) in [5.74, 6) is -0.236.